The van der Waals surface area contributed by atoms with E-state index in [0.717, 1.165) is 5.56 Å². The summed E-state index contributed by atoms with van der Waals surface area (Å²) in [6.07, 6.45) is 3.45. The molecule has 2 aromatic carbocycles. The van der Waals surface area contributed by atoms with Gasteiger partial charge in [0.1, 0.15) is 0 Å². The monoisotopic (exact) mass is 296 g/mol. The van der Waals surface area contributed by atoms with Crippen molar-refractivity contribution in [3.8, 4) is 0 Å². The fourth-order valence-corrected chi connectivity index (χ4v) is 2.38. The first-order valence-corrected chi connectivity index (χ1v) is 6.97. The molecule has 3 rings (SSSR count). The molecule has 0 amide bonds. The molecule has 0 aliphatic carbocycles. The number of carbonyl (C=O) groups excluding carboxylic acids is 1. The number of benzene rings is 2. The maximum absolute atomic E-state index is 12.5. The summed E-state index contributed by atoms with van der Waals surface area (Å²) in [6, 6.07) is 16.9. The molecule has 1 heterocycles. The summed E-state index contributed by atoms with van der Waals surface area (Å²) >= 11 is 5.94. The SMILES string of the molecule is O=C(c1cccc(Cl)c1)c1nccn1Cc1ccccc1. The van der Waals surface area contributed by atoms with Gasteiger partial charge in [-0.15, -0.1) is 0 Å². The molecule has 3 aromatic rings. The van der Waals surface area contributed by atoms with Gasteiger partial charge in [0, 0.05) is 29.5 Å². The van der Waals surface area contributed by atoms with Crippen molar-refractivity contribution in [2.75, 3.05) is 0 Å². The molecule has 0 aliphatic rings. The minimum absolute atomic E-state index is 0.126. The molecule has 0 atom stereocenters. The Morgan fingerprint density at radius 3 is 2.67 bits per heavy atom. The van der Waals surface area contributed by atoms with Crippen LogP contribution in [0.1, 0.15) is 21.7 Å². The zero-order valence-corrected chi connectivity index (χ0v) is 12.0. The van der Waals surface area contributed by atoms with Gasteiger partial charge in [0.05, 0.1) is 0 Å². The lowest BCUT2D eigenvalue weighted by molar-refractivity contribution is 0.102. The number of ketones is 1. The van der Waals surface area contributed by atoms with Gasteiger partial charge in [-0.05, 0) is 17.7 Å². The number of carbonyl (C=O) groups is 1. The first kappa shape index (κ1) is 13.6. The number of halogens is 1. The van der Waals surface area contributed by atoms with E-state index in [1.807, 2.05) is 41.1 Å². The maximum Gasteiger partial charge on any atom is 0.228 e. The van der Waals surface area contributed by atoms with Crippen LogP contribution in [0.25, 0.3) is 0 Å². The van der Waals surface area contributed by atoms with Gasteiger partial charge in [-0.3, -0.25) is 4.79 Å². The highest BCUT2D eigenvalue weighted by atomic mass is 35.5. The molecule has 0 spiro atoms. The topological polar surface area (TPSA) is 34.9 Å². The zero-order valence-electron chi connectivity index (χ0n) is 11.2. The Morgan fingerprint density at radius 1 is 1.10 bits per heavy atom. The van der Waals surface area contributed by atoms with E-state index in [9.17, 15) is 4.79 Å². The molecule has 0 bridgehead atoms. The van der Waals surface area contributed by atoms with E-state index in [-0.39, 0.29) is 5.78 Å². The van der Waals surface area contributed by atoms with Crippen LogP contribution in [0.5, 0.6) is 0 Å². The standard InChI is InChI=1S/C17H13ClN2O/c18-15-8-4-7-14(11-15)16(21)17-19-9-10-20(17)12-13-5-2-1-3-6-13/h1-11H,12H2. The third-order valence-electron chi connectivity index (χ3n) is 3.20. The Hall–Kier alpha value is -2.39. The van der Waals surface area contributed by atoms with Crippen LogP contribution < -0.4 is 0 Å². The average Bonchev–Trinajstić information content (AvgIpc) is 2.95. The summed E-state index contributed by atoms with van der Waals surface area (Å²) in [5.74, 6) is 0.291. The minimum atomic E-state index is -0.126. The van der Waals surface area contributed by atoms with Gasteiger partial charge in [0.15, 0.2) is 5.82 Å². The van der Waals surface area contributed by atoms with Crippen molar-refractivity contribution in [2.24, 2.45) is 0 Å². The van der Waals surface area contributed by atoms with Crippen LogP contribution in [-0.4, -0.2) is 15.3 Å². The first-order chi connectivity index (χ1) is 10.2. The third kappa shape index (κ3) is 3.03. The zero-order chi connectivity index (χ0) is 14.7. The lowest BCUT2D eigenvalue weighted by Gasteiger charge is -2.07. The van der Waals surface area contributed by atoms with Crippen LogP contribution in [0.3, 0.4) is 0 Å². The van der Waals surface area contributed by atoms with Crippen LogP contribution in [-0.2, 0) is 6.54 Å². The van der Waals surface area contributed by atoms with Gasteiger partial charge in [-0.2, -0.15) is 0 Å². The summed E-state index contributed by atoms with van der Waals surface area (Å²) < 4.78 is 1.85. The van der Waals surface area contributed by atoms with Gasteiger partial charge in [-0.1, -0.05) is 54.1 Å². The molecule has 104 valence electrons. The van der Waals surface area contributed by atoms with Crippen LogP contribution in [0.4, 0.5) is 0 Å². The second kappa shape index (κ2) is 5.94. The molecule has 21 heavy (non-hydrogen) atoms. The Morgan fingerprint density at radius 2 is 1.90 bits per heavy atom. The normalized spacial score (nSPS) is 10.5. The Kier molecular flexibility index (Phi) is 3.84. The summed E-state index contributed by atoms with van der Waals surface area (Å²) in [7, 11) is 0. The second-order valence-electron chi connectivity index (χ2n) is 4.70. The minimum Gasteiger partial charge on any atom is -0.324 e. The number of nitrogens with zero attached hydrogens (tertiary/aromatic N) is 2. The summed E-state index contributed by atoms with van der Waals surface area (Å²) in [5, 5.41) is 0.544. The van der Waals surface area contributed by atoms with Crippen molar-refractivity contribution in [3.05, 3.63) is 89.0 Å². The highest BCUT2D eigenvalue weighted by Crippen LogP contribution is 2.15. The quantitative estimate of drug-likeness (QED) is 0.686. The molecule has 0 radical (unpaired) electrons. The third-order valence-corrected chi connectivity index (χ3v) is 3.44. The van der Waals surface area contributed by atoms with E-state index in [1.165, 1.54) is 0 Å². The molecule has 0 saturated heterocycles. The van der Waals surface area contributed by atoms with E-state index < -0.39 is 0 Å². The fourth-order valence-electron chi connectivity index (χ4n) is 2.18. The molecule has 4 heteroatoms. The summed E-state index contributed by atoms with van der Waals surface area (Å²) in [5.41, 5.74) is 1.67. The van der Waals surface area contributed by atoms with Crippen molar-refractivity contribution in [2.45, 2.75) is 6.54 Å². The van der Waals surface area contributed by atoms with Gasteiger partial charge < -0.3 is 4.57 Å². The molecule has 1 aromatic heterocycles. The summed E-state index contributed by atoms with van der Waals surface area (Å²) in [4.78, 5) is 16.7. The van der Waals surface area contributed by atoms with Gasteiger partial charge in [0.25, 0.3) is 0 Å². The highest BCUT2D eigenvalue weighted by molar-refractivity contribution is 6.31. The van der Waals surface area contributed by atoms with Crippen molar-refractivity contribution in [1.29, 1.82) is 0 Å². The first-order valence-electron chi connectivity index (χ1n) is 6.59. The molecule has 0 saturated carbocycles. The molecule has 0 N–H and O–H groups in total. The number of hydrogen-bond acceptors (Lipinski definition) is 2. The highest BCUT2D eigenvalue weighted by Gasteiger charge is 2.15. The number of imidazole rings is 1. The van der Waals surface area contributed by atoms with Crippen LogP contribution in [0.15, 0.2) is 67.0 Å². The number of hydrogen-bond donors (Lipinski definition) is 0. The van der Waals surface area contributed by atoms with E-state index in [4.69, 9.17) is 11.6 Å². The molecular weight excluding hydrogens is 284 g/mol. The lowest BCUT2D eigenvalue weighted by atomic mass is 10.1. The lowest BCUT2D eigenvalue weighted by Crippen LogP contribution is -2.12. The van der Waals surface area contributed by atoms with E-state index in [0.29, 0.717) is 23.0 Å². The molecule has 0 aliphatic heterocycles. The predicted octanol–water partition coefficient (Wildman–Crippen LogP) is 3.82. The van der Waals surface area contributed by atoms with Crippen LogP contribution >= 0.6 is 11.6 Å². The number of rotatable bonds is 4. The Bertz CT molecular complexity index is 765. The maximum atomic E-state index is 12.5. The Balaban J connectivity index is 1.90. The predicted molar refractivity (Wildman–Crippen MR) is 82.7 cm³/mol. The summed E-state index contributed by atoms with van der Waals surface area (Å²) in [6.45, 7) is 0.614. The van der Waals surface area contributed by atoms with Crippen molar-refractivity contribution in [1.82, 2.24) is 9.55 Å². The smallest absolute Gasteiger partial charge is 0.228 e. The van der Waals surface area contributed by atoms with E-state index >= 15 is 0 Å². The van der Waals surface area contributed by atoms with Crippen molar-refractivity contribution >= 4 is 17.4 Å². The van der Waals surface area contributed by atoms with Crippen LogP contribution in [0.2, 0.25) is 5.02 Å². The van der Waals surface area contributed by atoms with Gasteiger partial charge in [0.2, 0.25) is 5.78 Å². The van der Waals surface area contributed by atoms with E-state index in [1.54, 1.807) is 30.5 Å². The van der Waals surface area contributed by atoms with Gasteiger partial charge >= 0.3 is 0 Å². The molecule has 0 fully saturated rings. The van der Waals surface area contributed by atoms with Gasteiger partial charge in [-0.25, -0.2) is 4.98 Å². The fraction of sp³-hybridized carbons (Fsp3) is 0.0588. The van der Waals surface area contributed by atoms with E-state index in [2.05, 4.69) is 4.98 Å². The molecule has 3 nitrogen and oxygen atoms in total. The van der Waals surface area contributed by atoms with Crippen molar-refractivity contribution < 1.29 is 4.79 Å². The average molecular weight is 297 g/mol. The Labute approximate surface area is 127 Å². The van der Waals surface area contributed by atoms with Crippen LogP contribution in [0, 0.1) is 0 Å². The molecule has 0 unspecified atom stereocenters. The second-order valence-corrected chi connectivity index (χ2v) is 5.14. The van der Waals surface area contributed by atoms with Crippen molar-refractivity contribution in [3.63, 3.8) is 0 Å². The molecular formula is C17H13ClN2O. The number of aromatic nitrogens is 2. The largest absolute Gasteiger partial charge is 0.324 e.